The lowest BCUT2D eigenvalue weighted by Crippen LogP contribution is -2.37. The number of hydrogen-bond acceptors (Lipinski definition) is 3. The van der Waals surface area contributed by atoms with E-state index in [1.165, 1.54) is 0 Å². The van der Waals surface area contributed by atoms with Crippen LogP contribution in [0.2, 0.25) is 0 Å². The molecule has 0 saturated heterocycles. The molecular weight excluding hydrogens is 218 g/mol. The fourth-order valence-electron chi connectivity index (χ4n) is 1.28. The van der Waals surface area contributed by atoms with Gasteiger partial charge in [-0.15, -0.1) is 0 Å². The van der Waals surface area contributed by atoms with Gasteiger partial charge in [0, 0.05) is 12.7 Å². The summed E-state index contributed by atoms with van der Waals surface area (Å²) in [7, 11) is 0. The van der Waals surface area contributed by atoms with Crippen molar-refractivity contribution in [2.45, 2.75) is 26.4 Å². The Kier molecular flexibility index (Phi) is 5.42. The van der Waals surface area contributed by atoms with Crippen LogP contribution in [-0.4, -0.2) is 28.8 Å². The number of hydrogen-bond donors (Lipinski definition) is 3. The lowest BCUT2D eigenvalue weighted by Gasteiger charge is -2.17. The Morgan fingerprint density at radius 2 is 2.35 bits per heavy atom. The molecule has 1 heterocycles. The van der Waals surface area contributed by atoms with Crippen LogP contribution in [0, 0.1) is 5.92 Å². The van der Waals surface area contributed by atoms with Crippen molar-refractivity contribution in [3.63, 3.8) is 0 Å². The second kappa shape index (κ2) is 6.85. The van der Waals surface area contributed by atoms with E-state index in [0.29, 0.717) is 5.69 Å². The minimum atomic E-state index is -0.514. The van der Waals surface area contributed by atoms with Gasteiger partial charge in [0.2, 0.25) is 0 Å². The van der Waals surface area contributed by atoms with Crippen LogP contribution in [0.3, 0.4) is 0 Å². The second-order valence-corrected chi connectivity index (χ2v) is 4.03. The van der Waals surface area contributed by atoms with E-state index >= 15 is 0 Å². The zero-order valence-electron chi connectivity index (χ0n) is 10.2. The predicted octanol–water partition coefficient (Wildman–Crippen LogP) is 1.61. The molecule has 1 rings (SSSR count). The first-order valence-electron chi connectivity index (χ1n) is 5.76. The molecule has 0 aromatic carbocycles. The number of carbonyl (C=O) groups excluding carboxylic acids is 1. The zero-order valence-corrected chi connectivity index (χ0v) is 10.2. The zero-order chi connectivity index (χ0) is 12.7. The average Bonchev–Trinajstić information content (AvgIpc) is 2.36. The molecule has 3 N–H and O–H groups in total. The first-order chi connectivity index (χ1) is 8.13. The lowest BCUT2D eigenvalue weighted by atomic mass is 10.0. The van der Waals surface area contributed by atoms with Crippen molar-refractivity contribution < 1.29 is 9.90 Å². The van der Waals surface area contributed by atoms with E-state index in [9.17, 15) is 9.90 Å². The van der Waals surface area contributed by atoms with E-state index in [0.717, 1.165) is 6.42 Å². The van der Waals surface area contributed by atoms with E-state index in [-0.39, 0.29) is 18.5 Å². The van der Waals surface area contributed by atoms with Gasteiger partial charge < -0.3 is 15.7 Å². The number of nitrogens with zero attached hydrogens (tertiary/aromatic N) is 1. The molecule has 0 fully saturated rings. The van der Waals surface area contributed by atoms with Crippen molar-refractivity contribution in [1.29, 1.82) is 0 Å². The molecule has 5 heteroatoms. The monoisotopic (exact) mass is 237 g/mol. The molecule has 0 aliphatic heterocycles. The summed E-state index contributed by atoms with van der Waals surface area (Å²) in [6, 6.07) is 3.15. The Hall–Kier alpha value is -1.62. The Morgan fingerprint density at radius 3 is 2.94 bits per heavy atom. The normalized spacial score (nSPS) is 13.8. The number of amides is 2. The molecule has 0 aliphatic rings. The van der Waals surface area contributed by atoms with Crippen molar-refractivity contribution in [2.24, 2.45) is 5.92 Å². The van der Waals surface area contributed by atoms with Gasteiger partial charge in [-0.1, -0.05) is 20.3 Å². The summed E-state index contributed by atoms with van der Waals surface area (Å²) < 4.78 is 0. The molecule has 0 radical (unpaired) electrons. The lowest BCUT2D eigenvalue weighted by molar-refractivity contribution is 0.115. The maximum atomic E-state index is 11.5. The van der Waals surface area contributed by atoms with E-state index < -0.39 is 6.10 Å². The molecule has 17 heavy (non-hydrogen) atoms. The SMILES string of the molecule is CC[C@H](C)[C@H](O)CNC(=O)Nc1cccnc1. The molecule has 0 bridgehead atoms. The third-order valence-electron chi connectivity index (χ3n) is 2.69. The van der Waals surface area contributed by atoms with Crippen molar-refractivity contribution in [1.82, 2.24) is 10.3 Å². The number of urea groups is 1. The van der Waals surface area contributed by atoms with E-state index in [1.54, 1.807) is 24.5 Å². The van der Waals surface area contributed by atoms with Crippen LogP contribution in [0.4, 0.5) is 10.5 Å². The number of aromatic nitrogens is 1. The third-order valence-corrected chi connectivity index (χ3v) is 2.69. The molecule has 2 atom stereocenters. The molecule has 94 valence electrons. The van der Waals surface area contributed by atoms with Crippen LogP contribution in [0.5, 0.6) is 0 Å². The number of pyridine rings is 1. The van der Waals surface area contributed by atoms with Gasteiger partial charge in [0.25, 0.3) is 0 Å². The molecular formula is C12H19N3O2. The molecule has 0 unspecified atom stereocenters. The number of anilines is 1. The third kappa shape index (κ3) is 4.82. The van der Waals surface area contributed by atoms with E-state index in [1.807, 2.05) is 13.8 Å². The van der Waals surface area contributed by atoms with Crippen molar-refractivity contribution in [2.75, 3.05) is 11.9 Å². The summed E-state index contributed by atoms with van der Waals surface area (Å²) in [6.07, 6.45) is 3.56. The van der Waals surface area contributed by atoms with Crippen LogP contribution in [-0.2, 0) is 0 Å². The summed E-state index contributed by atoms with van der Waals surface area (Å²) in [4.78, 5) is 15.3. The quantitative estimate of drug-likeness (QED) is 0.728. The van der Waals surface area contributed by atoms with Gasteiger partial charge in [0.1, 0.15) is 0 Å². The first-order valence-corrected chi connectivity index (χ1v) is 5.76. The number of aliphatic hydroxyl groups excluding tert-OH is 1. The Labute approximate surface area is 101 Å². The summed E-state index contributed by atoms with van der Waals surface area (Å²) in [5.74, 6) is 0.175. The highest BCUT2D eigenvalue weighted by Gasteiger charge is 2.13. The summed E-state index contributed by atoms with van der Waals surface area (Å²) in [5.41, 5.74) is 0.628. The molecule has 0 spiro atoms. The Balaban J connectivity index is 2.31. The molecule has 5 nitrogen and oxygen atoms in total. The fraction of sp³-hybridized carbons (Fsp3) is 0.500. The standard InChI is InChI=1S/C12H19N3O2/c1-3-9(2)11(16)8-14-12(17)15-10-5-4-6-13-7-10/h4-7,9,11,16H,3,8H2,1-2H3,(H2,14,15,17)/t9-,11+/m0/s1. The number of aliphatic hydroxyl groups is 1. The maximum Gasteiger partial charge on any atom is 0.319 e. The molecule has 0 saturated carbocycles. The van der Waals surface area contributed by atoms with Gasteiger partial charge >= 0.3 is 6.03 Å². The first kappa shape index (κ1) is 13.4. The number of carbonyl (C=O) groups is 1. The van der Waals surface area contributed by atoms with Gasteiger partial charge in [-0.25, -0.2) is 4.79 Å². The Morgan fingerprint density at radius 1 is 1.59 bits per heavy atom. The van der Waals surface area contributed by atoms with Gasteiger partial charge in [-0.05, 0) is 18.1 Å². The second-order valence-electron chi connectivity index (χ2n) is 4.03. The highest BCUT2D eigenvalue weighted by Crippen LogP contribution is 2.06. The van der Waals surface area contributed by atoms with Crippen molar-refractivity contribution in [3.8, 4) is 0 Å². The summed E-state index contributed by atoms with van der Waals surface area (Å²) in [6.45, 7) is 4.20. The summed E-state index contributed by atoms with van der Waals surface area (Å²) in [5, 5.41) is 14.9. The van der Waals surface area contributed by atoms with Crippen LogP contribution < -0.4 is 10.6 Å². The molecule has 1 aromatic rings. The molecule has 0 aliphatic carbocycles. The summed E-state index contributed by atoms with van der Waals surface area (Å²) >= 11 is 0. The highest BCUT2D eigenvalue weighted by atomic mass is 16.3. The highest BCUT2D eigenvalue weighted by molar-refractivity contribution is 5.88. The molecule has 1 aromatic heterocycles. The predicted molar refractivity (Wildman–Crippen MR) is 66.7 cm³/mol. The number of nitrogens with one attached hydrogen (secondary N) is 2. The molecule has 2 amide bonds. The average molecular weight is 237 g/mol. The van der Waals surface area contributed by atoms with E-state index in [4.69, 9.17) is 0 Å². The van der Waals surface area contributed by atoms with Crippen molar-refractivity contribution in [3.05, 3.63) is 24.5 Å². The van der Waals surface area contributed by atoms with Gasteiger partial charge in [-0.3, -0.25) is 4.98 Å². The van der Waals surface area contributed by atoms with Crippen LogP contribution in [0.15, 0.2) is 24.5 Å². The minimum Gasteiger partial charge on any atom is -0.391 e. The smallest absolute Gasteiger partial charge is 0.319 e. The van der Waals surface area contributed by atoms with Gasteiger partial charge in [0.05, 0.1) is 18.0 Å². The van der Waals surface area contributed by atoms with Gasteiger partial charge in [0.15, 0.2) is 0 Å². The number of rotatable bonds is 5. The Bertz CT molecular complexity index is 343. The van der Waals surface area contributed by atoms with Crippen molar-refractivity contribution >= 4 is 11.7 Å². The fourth-order valence-corrected chi connectivity index (χ4v) is 1.28. The topological polar surface area (TPSA) is 74.2 Å². The maximum absolute atomic E-state index is 11.5. The van der Waals surface area contributed by atoms with Gasteiger partial charge in [-0.2, -0.15) is 0 Å². The van der Waals surface area contributed by atoms with Crippen LogP contribution in [0.1, 0.15) is 20.3 Å². The largest absolute Gasteiger partial charge is 0.391 e. The van der Waals surface area contributed by atoms with Crippen LogP contribution in [0.25, 0.3) is 0 Å². The van der Waals surface area contributed by atoms with E-state index in [2.05, 4.69) is 15.6 Å². The van der Waals surface area contributed by atoms with Crippen LogP contribution >= 0.6 is 0 Å². The minimum absolute atomic E-state index is 0.175.